The number of unbranched alkanes of at least 4 members (excludes halogenated alkanes) is 9. The van der Waals surface area contributed by atoms with Gasteiger partial charge in [-0.15, -0.1) is 18.3 Å². The molecular formula is C66H101F3N10O11. The molecule has 1 aliphatic carbocycles. The highest BCUT2D eigenvalue weighted by Crippen LogP contribution is 2.48. The molecule has 2 aromatic carbocycles. The number of aromatic nitrogens is 3. The number of halogens is 3. The molecule has 502 valence electrons. The summed E-state index contributed by atoms with van der Waals surface area (Å²) in [6.07, 6.45) is 13.1. The van der Waals surface area contributed by atoms with Gasteiger partial charge in [-0.05, 0) is 166 Å². The molecule has 0 unspecified atom stereocenters. The normalized spacial score (nSPS) is 16.3. The van der Waals surface area contributed by atoms with Crippen LogP contribution in [0.1, 0.15) is 192 Å². The Labute approximate surface area is 529 Å². The van der Waals surface area contributed by atoms with Gasteiger partial charge in [0, 0.05) is 83.7 Å². The average Bonchev–Trinajstić information content (AvgIpc) is 1.73. The molecule has 6 N–H and O–H groups in total. The minimum absolute atomic E-state index is 0.0150. The Balaban J connectivity index is 0.829. The van der Waals surface area contributed by atoms with Gasteiger partial charge in [0.05, 0.1) is 23.5 Å². The van der Waals surface area contributed by atoms with Crippen LogP contribution in [-0.2, 0) is 48.0 Å². The molecule has 3 aliphatic rings. The van der Waals surface area contributed by atoms with Crippen LogP contribution < -0.4 is 36.1 Å². The Morgan fingerprint density at radius 2 is 1.23 bits per heavy atom. The fraction of sp³-hybridized carbons (Fsp3) is 0.697. The van der Waals surface area contributed by atoms with Crippen LogP contribution in [0.5, 0.6) is 11.5 Å². The number of carbonyl (C=O) groups excluding carboxylic acids is 5. The summed E-state index contributed by atoms with van der Waals surface area (Å²) in [6.45, 7) is 16.3. The van der Waals surface area contributed by atoms with Gasteiger partial charge in [-0.3, -0.25) is 24.1 Å². The van der Waals surface area contributed by atoms with Crippen molar-refractivity contribution >= 4 is 35.9 Å². The van der Waals surface area contributed by atoms with Crippen molar-refractivity contribution in [3.05, 3.63) is 65.0 Å². The van der Waals surface area contributed by atoms with Crippen LogP contribution in [0.25, 0.3) is 5.69 Å². The summed E-state index contributed by atoms with van der Waals surface area (Å²) in [5, 5.41) is 32.3. The smallest absolute Gasteiger partial charge is 0.490 e. The van der Waals surface area contributed by atoms with E-state index in [4.69, 9.17) is 14.2 Å². The van der Waals surface area contributed by atoms with Gasteiger partial charge in [0.25, 0.3) is 0 Å². The number of benzene rings is 2. The summed E-state index contributed by atoms with van der Waals surface area (Å²) in [5.41, 5.74) is 2.73. The second-order valence-corrected chi connectivity index (χ2v) is 26.4. The Hall–Kier alpha value is -6.69. The number of nitrogens with one attached hydrogen (secondary N) is 5. The van der Waals surface area contributed by atoms with Crippen LogP contribution in [0.2, 0.25) is 0 Å². The van der Waals surface area contributed by atoms with Crippen LogP contribution in [0.15, 0.2) is 42.6 Å². The fourth-order valence-corrected chi connectivity index (χ4v) is 11.7. The summed E-state index contributed by atoms with van der Waals surface area (Å²) < 4.78 is 64.2. The third kappa shape index (κ3) is 27.4. The number of carbonyl (C=O) groups is 6. The fourth-order valence-electron chi connectivity index (χ4n) is 11.7. The van der Waals surface area contributed by atoms with Crippen molar-refractivity contribution in [2.24, 2.45) is 17.8 Å². The number of ether oxygens (including phenoxy) is 4. The molecule has 1 saturated carbocycles. The number of aryl methyl sites for hydroxylation is 2. The van der Waals surface area contributed by atoms with Crippen LogP contribution in [0, 0.1) is 17.8 Å². The van der Waals surface area contributed by atoms with Crippen LogP contribution in [0.4, 0.5) is 22.8 Å². The highest BCUT2D eigenvalue weighted by molar-refractivity contribution is 5.77. The van der Waals surface area contributed by atoms with Crippen molar-refractivity contribution in [3.63, 3.8) is 0 Å². The molecule has 1 aromatic heterocycles. The van der Waals surface area contributed by atoms with Crippen molar-refractivity contribution in [3.8, 4) is 17.2 Å². The first-order chi connectivity index (χ1) is 42.8. The number of alkyl carbamates (subject to hydrolysis) is 2. The van der Waals surface area contributed by atoms with E-state index in [-0.39, 0.29) is 87.0 Å². The lowest BCUT2D eigenvalue weighted by Gasteiger charge is -2.38. The maximum Gasteiger partial charge on any atom is 0.573 e. The molecule has 1 saturated heterocycles. The molecule has 0 bridgehead atoms. The van der Waals surface area contributed by atoms with E-state index in [0.717, 1.165) is 132 Å². The van der Waals surface area contributed by atoms with E-state index in [2.05, 4.69) is 64.7 Å². The van der Waals surface area contributed by atoms with E-state index >= 15 is 0 Å². The number of amides is 5. The van der Waals surface area contributed by atoms with E-state index < -0.39 is 41.6 Å². The minimum Gasteiger partial charge on any atom is -0.490 e. The highest BCUT2D eigenvalue weighted by Gasteiger charge is 2.40. The zero-order valence-corrected chi connectivity index (χ0v) is 54.2. The van der Waals surface area contributed by atoms with Crippen molar-refractivity contribution in [2.75, 3.05) is 65.4 Å². The highest BCUT2D eigenvalue weighted by atomic mass is 19.4. The number of likely N-dealkylation sites (tertiary alicyclic amines) is 1. The monoisotopic (exact) mass is 1270 g/mol. The molecule has 3 aromatic rings. The van der Waals surface area contributed by atoms with Crippen molar-refractivity contribution < 1.29 is 66.0 Å². The van der Waals surface area contributed by atoms with E-state index in [1.54, 1.807) is 65.3 Å². The number of fused-ring (bicyclic) bond motifs is 1. The molecular weight excluding hydrogens is 1170 g/mol. The lowest BCUT2D eigenvalue weighted by atomic mass is 9.81. The molecule has 3 atom stereocenters. The number of carboxylic acids is 1. The Kier molecular flexibility index (Phi) is 28.8. The molecule has 0 radical (unpaired) electrons. The number of carboxylic acid groups (broad SMARTS) is 1. The van der Waals surface area contributed by atoms with Gasteiger partial charge < -0.3 is 55.5 Å². The van der Waals surface area contributed by atoms with Gasteiger partial charge in [0.1, 0.15) is 28.8 Å². The quantitative estimate of drug-likeness (QED) is 0.0294. The first-order valence-corrected chi connectivity index (χ1v) is 32.8. The van der Waals surface area contributed by atoms with Gasteiger partial charge in [-0.25, -0.2) is 14.3 Å². The molecule has 0 spiro atoms. The van der Waals surface area contributed by atoms with Crippen LogP contribution in [0.3, 0.4) is 0 Å². The van der Waals surface area contributed by atoms with Crippen molar-refractivity contribution in [1.82, 2.24) is 51.4 Å². The van der Waals surface area contributed by atoms with E-state index in [9.17, 15) is 47.0 Å². The van der Waals surface area contributed by atoms with Gasteiger partial charge in [-0.1, -0.05) is 75.6 Å². The molecule has 24 heteroatoms. The van der Waals surface area contributed by atoms with Gasteiger partial charge in [0.2, 0.25) is 17.7 Å². The summed E-state index contributed by atoms with van der Waals surface area (Å²) in [7, 11) is 0. The molecule has 90 heavy (non-hydrogen) atoms. The number of nitrogens with zero attached hydrogens (tertiary/aromatic N) is 5. The minimum atomic E-state index is -4.85. The van der Waals surface area contributed by atoms with Crippen molar-refractivity contribution in [1.29, 1.82) is 0 Å². The second-order valence-electron chi connectivity index (χ2n) is 26.4. The summed E-state index contributed by atoms with van der Waals surface area (Å²) in [4.78, 5) is 78.0. The molecule has 21 nitrogen and oxygen atoms in total. The van der Waals surface area contributed by atoms with Gasteiger partial charge in [-0.2, -0.15) is 0 Å². The van der Waals surface area contributed by atoms with Gasteiger partial charge >= 0.3 is 24.5 Å². The topological polar surface area (TPSA) is 257 Å². The number of aliphatic carboxylic acids is 1. The van der Waals surface area contributed by atoms with E-state index in [0.29, 0.717) is 62.9 Å². The SMILES string of the molecule is C[C@H](C(=O)O)[C@H](c1ccc2c(c1)O[C@@H](C1CCN(Cc3cc(-n4cc(CCCCCCCCCCCCC(=O)NCCN(CCC(=O)NCCNC(=O)OC(C)(C)C)CCC(=O)NCCNC(=O)OC(C)(C)C)nn4)ccc3OC(F)(F)F)CC1)CC2)C1CC1. The average molecular weight is 1270 g/mol. The first-order valence-electron chi connectivity index (χ1n) is 32.8. The number of rotatable bonds is 37. The predicted octanol–water partition coefficient (Wildman–Crippen LogP) is 10.3. The second kappa shape index (κ2) is 35.8. The van der Waals surface area contributed by atoms with Crippen LogP contribution >= 0.6 is 0 Å². The lowest BCUT2D eigenvalue weighted by Crippen LogP contribution is -2.41. The van der Waals surface area contributed by atoms with Crippen LogP contribution in [-0.4, -0.2) is 155 Å². The predicted molar refractivity (Wildman–Crippen MR) is 335 cm³/mol. The summed E-state index contributed by atoms with van der Waals surface area (Å²) >= 11 is 0. The molecule has 5 amide bonds. The first kappa shape index (κ1) is 72.4. The van der Waals surface area contributed by atoms with Gasteiger partial charge in [0.15, 0.2) is 0 Å². The van der Waals surface area contributed by atoms with E-state index in [1.807, 2.05) is 11.1 Å². The number of hydrogen-bond donors (Lipinski definition) is 6. The van der Waals surface area contributed by atoms with E-state index in [1.165, 1.54) is 6.07 Å². The molecule has 2 aliphatic heterocycles. The maximum absolute atomic E-state index is 13.7. The Morgan fingerprint density at radius 1 is 0.678 bits per heavy atom. The summed E-state index contributed by atoms with van der Waals surface area (Å²) in [5.74, 6) is -0.512. The lowest BCUT2D eigenvalue weighted by molar-refractivity contribution is -0.275. The third-order valence-corrected chi connectivity index (χ3v) is 16.5. The molecule has 6 rings (SSSR count). The largest absolute Gasteiger partial charge is 0.573 e. The maximum atomic E-state index is 13.7. The Bertz CT molecular complexity index is 2700. The number of piperidine rings is 1. The number of hydrogen-bond acceptors (Lipinski definition) is 14. The summed E-state index contributed by atoms with van der Waals surface area (Å²) in [6, 6.07) is 10.9. The number of alkyl halides is 3. The third-order valence-electron chi connectivity index (χ3n) is 16.5. The standard InChI is InChI=1S/C66H101F3N10O11/c1-46(61(83)84)60(49-21-22-49)50-23-20-47-24-26-54(87-56(47)43-50)48-28-37-78(38-29-48)44-51-42-53(25-27-55(51)88-66(67,68)69)79-45-52(75-76-79)18-16-14-12-10-8-9-11-13-15-17-19-57(80)72-36-41-77(39-30-58(81)70-32-34-73-62(85)89-64(2,3)4)40-31-59(82)71-33-35-74-63(86)90-65(5,6)7/h20,23,25,27,42-43,45-46,48-49,54,60H,8-19,21-22,24,26,28-41,44H2,1-7H3,(H,70,81)(H,71,82)(H,72,80)(H,73,85)(H,74,86)(H,83,84)/t46-,54+,60-/m0/s1. The van der Waals surface area contributed by atoms with Crippen molar-refractivity contribution in [2.45, 2.75) is 213 Å². The molecule has 3 heterocycles. The Morgan fingerprint density at radius 3 is 1.80 bits per heavy atom. The zero-order chi connectivity index (χ0) is 65.3. The zero-order valence-electron chi connectivity index (χ0n) is 54.2. The molecule has 2 fully saturated rings.